The van der Waals surface area contributed by atoms with Gasteiger partial charge in [0, 0.05) is 43.5 Å². The lowest BCUT2D eigenvalue weighted by Gasteiger charge is -2.14. The zero-order chi connectivity index (χ0) is 11.5. The molecule has 1 aliphatic rings. The van der Waals surface area contributed by atoms with Crippen LogP contribution < -0.4 is 5.32 Å². The van der Waals surface area contributed by atoms with Gasteiger partial charge in [-0.15, -0.1) is 12.4 Å². The molecule has 1 aliphatic heterocycles. The van der Waals surface area contributed by atoms with Gasteiger partial charge in [-0.1, -0.05) is 0 Å². The molecule has 17 heavy (non-hydrogen) atoms. The van der Waals surface area contributed by atoms with Crippen molar-refractivity contribution in [2.75, 3.05) is 20.1 Å². The van der Waals surface area contributed by atoms with Crippen LogP contribution in [0.15, 0.2) is 12.4 Å². The quantitative estimate of drug-likeness (QED) is 0.892. The lowest BCUT2D eigenvalue weighted by molar-refractivity contribution is 0.322. The predicted molar refractivity (Wildman–Crippen MR) is 72.6 cm³/mol. The summed E-state index contributed by atoms with van der Waals surface area (Å²) >= 11 is 0. The van der Waals surface area contributed by atoms with E-state index in [4.69, 9.17) is 0 Å². The van der Waals surface area contributed by atoms with E-state index in [1.165, 1.54) is 18.5 Å². The standard InChI is InChI=1S/C12H22N4.ClH/c1-10(2)16-8-11(6-14-16)7-15-5-4-12(9-15)13-3;/h6,8,10,12-13H,4-5,7,9H2,1-3H3;1H. The average Bonchev–Trinajstić information content (AvgIpc) is 2.87. The number of aromatic nitrogens is 2. The largest absolute Gasteiger partial charge is 0.316 e. The van der Waals surface area contributed by atoms with Crippen molar-refractivity contribution >= 4 is 12.4 Å². The van der Waals surface area contributed by atoms with E-state index in [2.05, 4.69) is 35.4 Å². The van der Waals surface area contributed by atoms with Crippen molar-refractivity contribution in [3.05, 3.63) is 18.0 Å². The second-order valence-electron chi connectivity index (χ2n) is 4.93. The topological polar surface area (TPSA) is 33.1 Å². The van der Waals surface area contributed by atoms with Crippen LogP contribution in [0.5, 0.6) is 0 Å². The molecule has 1 fully saturated rings. The maximum absolute atomic E-state index is 4.37. The van der Waals surface area contributed by atoms with Gasteiger partial charge < -0.3 is 5.32 Å². The number of likely N-dealkylation sites (tertiary alicyclic amines) is 1. The number of nitrogens with zero attached hydrogens (tertiary/aromatic N) is 3. The van der Waals surface area contributed by atoms with Crippen LogP contribution in [-0.2, 0) is 6.54 Å². The fourth-order valence-electron chi connectivity index (χ4n) is 2.21. The van der Waals surface area contributed by atoms with Crippen molar-refractivity contribution < 1.29 is 0 Å². The van der Waals surface area contributed by atoms with Crippen LogP contribution >= 0.6 is 12.4 Å². The molecule has 1 atom stereocenters. The highest BCUT2D eigenvalue weighted by Gasteiger charge is 2.21. The molecular formula is C12H23ClN4. The Bertz CT molecular complexity index is 337. The minimum atomic E-state index is 0. The highest BCUT2D eigenvalue weighted by Crippen LogP contribution is 2.13. The number of nitrogens with one attached hydrogen (secondary N) is 1. The molecule has 0 saturated carbocycles. The summed E-state index contributed by atoms with van der Waals surface area (Å²) in [6.45, 7) is 7.69. The molecule has 0 amide bonds. The van der Waals surface area contributed by atoms with E-state index < -0.39 is 0 Å². The second-order valence-corrected chi connectivity index (χ2v) is 4.93. The van der Waals surface area contributed by atoms with Crippen LogP contribution in [0.1, 0.15) is 31.9 Å². The van der Waals surface area contributed by atoms with Crippen LogP contribution in [0.3, 0.4) is 0 Å². The lowest BCUT2D eigenvalue weighted by Crippen LogP contribution is -2.29. The van der Waals surface area contributed by atoms with Crippen molar-refractivity contribution in [3.8, 4) is 0 Å². The Kier molecular flexibility index (Phi) is 5.43. The van der Waals surface area contributed by atoms with E-state index in [0.717, 1.165) is 13.1 Å². The number of rotatable bonds is 4. The third-order valence-electron chi connectivity index (χ3n) is 3.27. The molecule has 0 spiro atoms. The van der Waals surface area contributed by atoms with Gasteiger partial charge in [-0.05, 0) is 27.3 Å². The van der Waals surface area contributed by atoms with Crippen LogP contribution in [0, 0.1) is 0 Å². The summed E-state index contributed by atoms with van der Waals surface area (Å²) in [6, 6.07) is 1.12. The Labute approximate surface area is 110 Å². The fraction of sp³-hybridized carbons (Fsp3) is 0.750. The van der Waals surface area contributed by atoms with E-state index in [1.807, 2.05) is 17.9 Å². The first-order chi connectivity index (χ1) is 7.69. The van der Waals surface area contributed by atoms with Gasteiger partial charge in [0.1, 0.15) is 0 Å². The molecular weight excluding hydrogens is 236 g/mol. The van der Waals surface area contributed by atoms with Gasteiger partial charge in [-0.3, -0.25) is 9.58 Å². The Morgan fingerprint density at radius 1 is 1.53 bits per heavy atom. The van der Waals surface area contributed by atoms with Crippen molar-refractivity contribution in [2.24, 2.45) is 0 Å². The molecule has 1 unspecified atom stereocenters. The number of hydrogen-bond acceptors (Lipinski definition) is 3. The SMILES string of the molecule is CNC1CCN(Cc2cnn(C(C)C)c2)C1.Cl. The van der Waals surface area contributed by atoms with Gasteiger partial charge in [0.2, 0.25) is 0 Å². The minimum absolute atomic E-state index is 0. The lowest BCUT2D eigenvalue weighted by atomic mass is 10.3. The second kappa shape index (κ2) is 6.38. The van der Waals surface area contributed by atoms with E-state index in [0.29, 0.717) is 12.1 Å². The molecule has 1 N–H and O–H groups in total. The normalized spacial score (nSPS) is 20.8. The fourth-order valence-corrected chi connectivity index (χ4v) is 2.21. The maximum atomic E-state index is 4.37. The first-order valence-corrected chi connectivity index (χ1v) is 6.11. The monoisotopic (exact) mass is 258 g/mol. The van der Waals surface area contributed by atoms with Gasteiger partial charge in [0.15, 0.2) is 0 Å². The molecule has 0 bridgehead atoms. The third-order valence-corrected chi connectivity index (χ3v) is 3.27. The Morgan fingerprint density at radius 3 is 2.82 bits per heavy atom. The first kappa shape index (κ1) is 14.5. The summed E-state index contributed by atoms with van der Waals surface area (Å²) in [5.74, 6) is 0. The zero-order valence-corrected chi connectivity index (χ0v) is 11.7. The van der Waals surface area contributed by atoms with Gasteiger partial charge in [-0.25, -0.2) is 0 Å². The van der Waals surface area contributed by atoms with Gasteiger partial charge in [0.05, 0.1) is 6.20 Å². The molecule has 0 radical (unpaired) electrons. The molecule has 1 saturated heterocycles. The Balaban J connectivity index is 0.00000144. The van der Waals surface area contributed by atoms with Gasteiger partial charge in [-0.2, -0.15) is 5.10 Å². The van der Waals surface area contributed by atoms with E-state index in [9.17, 15) is 0 Å². The van der Waals surface area contributed by atoms with Gasteiger partial charge in [0.25, 0.3) is 0 Å². The molecule has 1 aromatic rings. The van der Waals surface area contributed by atoms with E-state index in [1.54, 1.807) is 0 Å². The highest BCUT2D eigenvalue weighted by molar-refractivity contribution is 5.85. The summed E-state index contributed by atoms with van der Waals surface area (Å²) in [6.07, 6.45) is 5.42. The van der Waals surface area contributed by atoms with Crippen molar-refractivity contribution in [1.82, 2.24) is 20.0 Å². The predicted octanol–water partition coefficient (Wildman–Crippen LogP) is 1.68. The average molecular weight is 259 g/mol. The molecule has 1 aromatic heterocycles. The molecule has 5 heteroatoms. The van der Waals surface area contributed by atoms with Crippen LogP contribution in [-0.4, -0.2) is 40.9 Å². The zero-order valence-electron chi connectivity index (χ0n) is 10.9. The summed E-state index contributed by atoms with van der Waals surface area (Å²) in [4.78, 5) is 2.49. The van der Waals surface area contributed by atoms with Crippen molar-refractivity contribution in [3.63, 3.8) is 0 Å². The molecule has 98 valence electrons. The molecule has 0 aliphatic carbocycles. The van der Waals surface area contributed by atoms with Crippen molar-refractivity contribution in [1.29, 1.82) is 0 Å². The number of hydrogen-bond donors (Lipinski definition) is 1. The van der Waals surface area contributed by atoms with Crippen LogP contribution in [0.4, 0.5) is 0 Å². The molecule has 4 nitrogen and oxygen atoms in total. The molecule has 2 heterocycles. The summed E-state index contributed by atoms with van der Waals surface area (Å²) in [5, 5.41) is 7.71. The number of likely N-dealkylation sites (N-methyl/N-ethyl adjacent to an activating group) is 1. The molecule has 0 aromatic carbocycles. The summed E-state index contributed by atoms with van der Waals surface area (Å²) < 4.78 is 2.03. The first-order valence-electron chi connectivity index (χ1n) is 6.11. The minimum Gasteiger partial charge on any atom is -0.316 e. The van der Waals surface area contributed by atoms with Gasteiger partial charge >= 0.3 is 0 Å². The Hall–Kier alpha value is -0.580. The highest BCUT2D eigenvalue weighted by atomic mass is 35.5. The Morgan fingerprint density at radius 2 is 2.29 bits per heavy atom. The van der Waals surface area contributed by atoms with E-state index >= 15 is 0 Å². The molecule has 2 rings (SSSR count). The third kappa shape index (κ3) is 3.69. The summed E-state index contributed by atoms with van der Waals surface area (Å²) in [5.41, 5.74) is 1.32. The number of halogens is 1. The van der Waals surface area contributed by atoms with Crippen molar-refractivity contribution in [2.45, 2.75) is 38.9 Å². The van der Waals surface area contributed by atoms with Crippen LogP contribution in [0.2, 0.25) is 0 Å². The van der Waals surface area contributed by atoms with E-state index in [-0.39, 0.29) is 12.4 Å². The van der Waals surface area contributed by atoms with Crippen LogP contribution in [0.25, 0.3) is 0 Å². The smallest absolute Gasteiger partial charge is 0.0534 e. The summed E-state index contributed by atoms with van der Waals surface area (Å²) in [7, 11) is 2.05. The maximum Gasteiger partial charge on any atom is 0.0534 e.